The average molecular weight is 287 g/mol. The summed E-state index contributed by atoms with van der Waals surface area (Å²) < 4.78 is 29.3. The van der Waals surface area contributed by atoms with Crippen molar-refractivity contribution in [2.45, 2.75) is 20.4 Å². The van der Waals surface area contributed by atoms with Crippen molar-refractivity contribution >= 4 is 11.3 Å². The molecule has 2 aromatic heterocycles. The molecule has 21 heavy (non-hydrogen) atoms. The summed E-state index contributed by atoms with van der Waals surface area (Å²) in [7, 11) is 0. The normalized spacial score (nSPS) is 11.0. The van der Waals surface area contributed by atoms with Gasteiger partial charge < -0.3 is 9.72 Å². The third kappa shape index (κ3) is 2.46. The fourth-order valence-corrected chi connectivity index (χ4v) is 2.34. The first kappa shape index (κ1) is 13.5. The summed E-state index contributed by atoms with van der Waals surface area (Å²) in [5.74, 6) is -0.880. The maximum Gasteiger partial charge on any atom is 0.146 e. The zero-order chi connectivity index (χ0) is 15.0. The molecule has 0 atom stereocenters. The van der Waals surface area contributed by atoms with Crippen LogP contribution in [0.25, 0.3) is 5.65 Å². The van der Waals surface area contributed by atoms with E-state index >= 15 is 0 Å². The van der Waals surface area contributed by atoms with Gasteiger partial charge in [-0.25, -0.2) is 13.8 Å². The molecule has 0 aliphatic heterocycles. The molecule has 2 heterocycles. The maximum atomic E-state index is 13.8. The molecule has 3 rings (SSSR count). The van der Waals surface area contributed by atoms with E-state index in [1.807, 2.05) is 35.7 Å². The Morgan fingerprint density at radius 3 is 2.76 bits per heavy atom. The van der Waals surface area contributed by atoms with Gasteiger partial charge in [-0.2, -0.15) is 0 Å². The van der Waals surface area contributed by atoms with Crippen LogP contribution < -0.4 is 5.32 Å². The third-order valence-electron chi connectivity index (χ3n) is 3.52. The van der Waals surface area contributed by atoms with Crippen LogP contribution in [0.5, 0.6) is 0 Å². The predicted octanol–water partition coefficient (Wildman–Crippen LogP) is 3.84. The maximum absolute atomic E-state index is 13.8. The highest BCUT2D eigenvalue weighted by Crippen LogP contribution is 2.20. The second-order valence-electron chi connectivity index (χ2n) is 5.01. The van der Waals surface area contributed by atoms with E-state index in [1.54, 1.807) is 0 Å². The second kappa shape index (κ2) is 5.16. The van der Waals surface area contributed by atoms with Crippen LogP contribution in [0, 0.1) is 25.5 Å². The van der Waals surface area contributed by atoms with Crippen LogP contribution in [0.1, 0.15) is 17.0 Å². The van der Waals surface area contributed by atoms with Gasteiger partial charge >= 0.3 is 0 Å². The van der Waals surface area contributed by atoms with Crippen molar-refractivity contribution in [2.24, 2.45) is 0 Å². The summed E-state index contributed by atoms with van der Waals surface area (Å²) in [6.45, 7) is 3.81. The minimum absolute atomic E-state index is 0.156. The molecule has 0 radical (unpaired) electrons. The molecule has 0 amide bonds. The molecule has 3 nitrogen and oxygen atoms in total. The van der Waals surface area contributed by atoms with Gasteiger partial charge in [0.15, 0.2) is 0 Å². The lowest BCUT2D eigenvalue weighted by Crippen LogP contribution is -2.06. The number of rotatable bonds is 3. The van der Waals surface area contributed by atoms with E-state index in [-0.39, 0.29) is 5.69 Å². The van der Waals surface area contributed by atoms with Crippen molar-refractivity contribution in [3.05, 3.63) is 65.1 Å². The number of nitrogens with zero attached hydrogens (tertiary/aromatic N) is 2. The summed E-state index contributed by atoms with van der Waals surface area (Å²) in [6, 6.07) is 8.10. The fourth-order valence-electron chi connectivity index (χ4n) is 2.34. The molecule has 0 fully saturated rings. The molecular weight excluding hydrogens is 272 g/mol. The van der Waals surface area contributed by atoms with Crippen molar-refractivity contribution in [2.75, 3.05) is 5.32 Å². The van der Waals surface area contributed by atoms with Crippen LogP contribution in [0.15, 0.2) is 36.5 Å². The predicted molar refractivity (Wildman–Crippen MR) is 78.4 cm³/mol. The topological polar surface area (TPSA) is 29.3 Å². The Bertz CT molecular complexity index is 809. The van der Waals surface area contributed by atoms with Gasteiger partial charge in [0.2, 0.25) is 0 Å². The average Bonchev–Trinajstić information content (AvgIpc) is 2.77. The number of aromatic nitrogens is 2. The van der Waals surface area contributed by atoms with Crippen LogP contribution >= 0.6 is 0 Å². The van der Waals surface area contributed by atoms with Crippen molar-refractivity contribution < 1.29 is 8.78 Å². The summed E-state index contributed by atoms with van der Waals surface area (Å²) in [5, 5.41) is 2.94. The van der Waals surface area contributed by atoms with Crippen LogP contribution in [0.3, 0.4) is 0 Å². The van der Waals surface area contributed by atoms with Crippen molar-refractivity contribution in [1.82, 2.24) is 9.38 Å². The van der Waals surface area contributed by atoms with Crippen LogP contribution in [-0.4, -0.2) is 9.38 Å². The lowest BCUT2D eigenvalue weighted by molar-refractivity contribution is 0.594. The number of hydrogen-bond donors (Lipinski definition) is 1. The van der Waals surface area contributed by atoms with Crippen LogP contribution in [0.2, 0.25) is 0 Å². The minimum Gasteiger partial charge on any atom is -0.377 e. The highest BCUT2D eigenvalue weighted by molar-refractivity contribution is 5.49. The van der Waals surface area contributed by atoms with Crippen LogP contribution in [0.4, 0.5) is 14.5 Å². The van der Waals surface area contributed by atoms with Crippen molar-refractivity contribution in [3.63, 3.8) is 0 Å². The summed E-state index contributed by atoms with van der Waals surface area (Å²) in [5.41, 5.74) is 3.07. The molecule has 0 spiro atoms. The number of anilines is 1. The highest BCUT2D eigenvalue weighted by atomic mass is 19.1. The highest BCUT2D eigenvalue weighted by Gasteiger charge is 2.11. The molecule has 1 N–H and O–H groups in total. The number of nitrogens with one attached hydrogen (secondary N) is 1. The Labute approximate surface area is 121 Å². The van der Waals surface area contributed by atoms with Gasteiger partial charge in [0.1, 0.15) is 17.3 Å². The van der Waals surface area contributed by atoms with Crippen molar-refractivity contribution in [1.29, 1.82) is 0 Å². The van der Waals surface area contributed by atoms with E-state index < -0.39 is 11.6 Å². The van der Waals surface area contributed by atoms with E-state index in [2.05, 4.69) is 10.3 Å². The molecule has 0 aliphatic carbocycles. The summed E-state index contributed by atoms with van der Waals surface area (Å²) >= 11 is 0. The number of pyridine rings is 1. The molecular formula is C16H15F2N3. The molecule has 1 aromatic carbocycles. The first-order chi connectivity index (χ1) is 10.1. The molecule has 0 unspecified atom stereocenters. The molecule has 0 aliphatic rings. The quantitative estimate of drug-likeness (QED) is 0.793. The SMILES string of the molecule is Cc1cc(F)c(NCc2c(C)nc3ccccn23)cc1F. The Balaban J connectivity index is 1.90. The van der Waals surface area contributed by atoms with Gasteiger partial charge in [0.25, 0.3) is 0 Å². The number of aryl methyl sites for hydroxylation is 2. The van der Waals surface area contributed by atoms with E-state index in [0.29, 0.717) is 12.1 Å². The number of benzene rings is 1. The van der Waals surface area contributed by atoms with Gasteiger partial charge in [-0.15, -0.1) is 0 Å². The Hall–Kier alpha value is -2.43. The number of imidazole rings is 1. The van der Waals surface area contributed by atoms with Crippen LogP contribution in [-0.2, 0) is 6.54 Å². The lowest BCUT2D eigenvalue weighted by Gasteiger charge is -2.09. The molecule has 0 saturated carbocycles. The minimum atomic E-state index is -0.458. The Kier molecular flexibility index (Phi) is 3.33. The first-order valence-corrected chi connectivity index (χ1v) is 6.68. The standard InChI is InChI=1S/C16H15F2N3/c1-10-7-13(18)14(8-12(10)17)19-9-15-11(2)20-16-5-3-4-6-21(15)16/h3-8,19H,9H2,1-2H3. The first-order valence-electron chi connectivity index (χ1n) is 6.68. The molecule has 0 bridgehead atoms. The van der Waals surface area contributed by atoms with Crippen molar-refractivity contribution in [3.8, 4) is 0 Å². The van der Waals surface area contributed by atoms with Gasteiger partial charge in [-0.1, -0.05) is 6.07 Å². The Morgan fingerprint density at radius 2 is 1.95 bits per heavy atom. The smallest absolute Gasteiger partial charge is 0.146 e. The Morgan fingerprint density at radius 1 is 1.14 bits per heavy atom. The van der Waals surface area contributed by atoms with Gasteiger partial charge in [-0.05, 0) is 37.6 Å². The molecule has 5 heteroatoms. The number of hydrogen-bond acceptors (Lipinski definition) is 2. The zero-order valence-electron chi connectivity index (χ0n) is 11.8. The largest absolute Gasteiger partial charge is 0.377 e. The van der Waals surface area contributed by atoms with E-state index in [0.717, 1.165) is 17.0 Å². The van der Waals surface area contributed by atoms with Gasteiger partial charge in [0, 0.05) is 12.3 Å². The fraction of sp³-hybridized carbons (Fsp3) is 0.188. The van der Waals surface area contributed by atoms with E-state index in [9.17, 15) is 8.78 Å². The molecule has 108 valence electrons. The third-order valence-corrected chi connectivity index (χ3v) is 3.52. The van der Waals surface area contributed by atoms with Gasteiger partial charge in [-0.3, -0.25) is 0 Å². The van der Waals surface area contributed by atoms with Gasteiger partial charge in [0.05, 0.1) is 23.6 Å². The molecule has 0 saturated heterocycles. The van der Waals surface area contributed by atoms with E-state index in [1.165, 1.54) is 19.1 Å². The number of fused-ring (bicyclic) bond motifs is 1. The summed E-state index contributed by atoms with van der Waals surface area (Å²) in [6.07, 6.45) is 1.90. The molecule has 3 aromatic rings. The number of halogens is 2. The second-order valence-corrected chi connectivity index (χ2v) is 5.01. The zero-order valence-corrected chi connectivity index (χ0v) is 11.8. The van der Waals surface area contributed by atoms with E-state index in [4.69, 9.17) is 0 Å². The summed E-state index contributed by atoms with van der Waals surface area (Å²) in [4.78, 5) is 4.43. The monoisotopic (exact) mass is 287 g/mol. The lowest BCUT2D eigenvalue weighted by atomic mass is 10.2.